The molecule has 0 spiro atoms. The van der Waals surface area contributed by atoms with Crippen LogP contribution in [-0.4, -0.2) is 11.3 Å². The van der Waals surface area contributed by atoms with E-state index in [2.05, 4.69) is 16.8 Å². The molecule has 0 aliphatic heterocycles. The van der Waals surface area contributed by atoms with E-state index in [1.165, 1.54) is 0 Å². The van der Waals surface area contributed by atoms with Gasteiger partial charge in [0.05, 0.1) is 0 Å². The molecule has 0 fully saturated rings. The number of nitrogens with zero attached hydrogens (tertiary/aromatic N) is 1. The first-order valence-corrected chi connectivity index (χ1v) is 4.18. The van der Waals surface area contributed by atoms with Gasteiger partial charge in [-0.1, -0.05) is 18.8 Å². The molecule has 2 heteroatoms. The van der Waals surface area contributed by atoms with Crippen molar-refractivity contribution in [3.05, 3.63) is 30.1 Å². The minimum atomic E-state index is 0.123. The highest BCUT2D eigenvalue weighted by Crippen LogP contribution is 1.98. The number of rotatable bonds is 2. The topological polar surface area (TPSA) is 30.0 Å². The van der Waals surface area contributed by atoms with Crippen molar-refractivity contribution in [3.8, 4) is 11.8 Å². The molecule has 66 valence electrons. The van der Waals surface area contributed by atoms with Crippen LogP contribution in [0.3, 0.4) is 0 Å². The molecule has 2 nitrogen and oxygen atoms in total. The second-order valence-corrected chi connectivity index (χ2v) is 2.81. The highest BCUT2D eigenvalue weighted by Gasteiger charge is 1.93. The quantitative estimate of drug-likeness (QED) is 0.503. The maximum atomic E-state index is 10.1. The van der Waals surface area contributed by atoms with Gasteiger partial charge in [-0.3, -0.25) is 4.98 Å². The van der Waals surface area contributed by atoms with Crippen LogP contribution < -0.4 is 0 Å². The Kier molecular flexibility index (Phi) is 3.72. The van der Waals surface area contributed by atoms with Crippen LogP contribution in [0.4, 0.5) is 0 Å². The van der Waals surface area contributed by atoms with Gasteiger partial charge in [-0.25, -0.2) is 0 Å². The second kappa shape index (κ2) is 5.10. The zero-order valence-electron chi connectivity index (χ0n) is 7.53. The summed E-state index contributed by atoms with van der Waals surface area (Å²) in [6, 6.07) is 3.74. The van der Waals surface area contributed by atoms with E-state index in [-0.39, 0.29) is 5.92 Å². The molecule has 0 saturated carbocycles. The van der Waals surface area contributed by atoms with Gasteiger partial charge in [-0.2, -0.15) is 0 Å². The lowest BCUT2D eigenvalue weighted by molar-refractivity contribution is -0.108. The van der Waals surface area contributed by atoms with Crippen molar-refractivity contribution >= 4 is 6.29 Å². The van der Waals surface area contributed by atoms with E-state index >= 15 is 0 Å². The summed E-state index contributed by atoms with van der Waals surface area (Å²) < 4.78 is 0. The van der Waals surface area contributed by atoms with E-state index in [1.54, 1.807) is 12.4 Å². The molecule has 0 aromatic carbocycles. The monoisotopic (exact) mass is 173 g/mol. The molecule has 1 aromatic rings. The predicted molar refractivity (Wildman–Crippen MR) is 51.0 cm³/mol. The second-order valence-electron chi connectivity index (χ2n) is 2.81. The Hall–Kier alpha value is -1.62. The lowest BCUT2D eigenvalue weighted by Crippen LogP contribution is -1.90. The van der Waals surface area contributed by atoms with Crippen molar-refractivity contribution in [2.45, 2.75) is 13.3 Å². The van der Waals surface area contributed by atoms with Crippen LogP contribution in [-0.2, 0) is 4.79 Å². The number of aldehydes is 1. The average molecular weight is 173 g/mol. The fourth-order valence-electron chi connectivity index (χ4n) is 0.846. The Bertz CT molecular complexity index is 321. The summed E-state index contributed by atoms with van der Waals surface area (Å²) in [5.74, 6) is 6.06. The van der Waals surface area contributed by atoms with Crippen LogP contribution in [0.15, 0.2) is 24.5 Å². The Labute approximate surface area is 78.0 Å². The third kappa shape index (κ3) is 3.53. The first kappa shape index (κ1) is 9.47. The van der Waals surface area contributed by atoms with Gasteiger partial charge in [-0.05, 0) is 12.1 Å². The highest BCUT2D eigenvalue weighted by atomic mass is 16.1. The standard InChI is InChI=1S/C11H11NO/c1-10(6-8-13)4-5-11-3-2-7-12-9-11/h2-3,7-10H,6H2,1H3/t10-/m1/s1. The van der Waals surface area contributed by atoms with E-state index in [0.29, 0.717) is 6.42 Å². The van der Waals surface area contributed by atoms with E-state index in [9.17, 15) is 4.79 Å². The molecule has 0 amide bonds. The summed E-state index contributed by atoms with van der Waals surface area (Å²) >= 11 is 0. The number of carbonyl (C=O) groups is 1. The highest BCUT2D eigenvalue weighted by molar-refractivity contribution is 5.50. The molecule has 1 heterocycles. The third-order valence-electron chi connectivity index (χ3n) is 1.57. The Morgan fingerprint density at radius 1 is 1.69 bits per heavy atom. The molecule has 0 radical (unpaired) electrons. The van der Waals surface area contributed by atoms with Gasteiger partial charge in [0.15, 0.2) is 0 Å². The van der Waals surface area contributed by atoms with Crippen LogP contribution in [0.2, 0.25) is 0 Å². The molecule has 0 aliphatic rings. The minimum absolute atomic E-state index is 0.123. The van der Waals surface area contributed by atoms with Crippen molar-refractivity contribution in [1.29, 1.82) is 0 Å². The van der Waals surface area contributed by atoms with Crippen molar-refractivity contribution in [2.75, 3.05) is 0 Å². The smallest absolute Gasteiger partial charge is 0.121 e. The zero-order valence-corrected chi connectivity index (χ0v) is 7.53. The summed E-state index contributed by atoms with van der Waals surface area (Å²) in [7, 11) is 0. The molecule has 13 heavy (non-hydrogen) atoms. The summed E-state index contributed by atoms with van der Waals surface area (Å²) in [6.07, 6.45) is 4.80. The maximum absolute atomic E-state index is 10.1. The molecule has 0 saturated heterocycles. The van der Waals surface area contributed by atoms with Gasteiger partial charge in [0.1, 0.15) is 6.29 Å². The van der Waals surface area contributed by atoms with E-state index in [0.717, 1.165) is 11.8 Å². The fraction of sp³-hybridized carbons (Fsp3) is 0.273. The van der Waals surface area contributed by atoms with Crippen LogP contribution in [0.5, 0.6) is 0 Å². The van der Waals surface area contributed by atoms with Crippen LogP contribution >= 0.6 is 0 Å². The molecule has 0 N–H and O–H groups in total. The number of aromatic nitrogens is 1. The van der Waals surface area contributed by atoms with Crippen molar-refractivity contribution in [1.82, 2.24) is 4.98 Å². The minimum Gasteiger partial charge on any atom is -0.303 e. The van der Waals surface area contributed by atoms with Crippen molar-refractivity contribution < 1.29 is 4.79 Å². The fourth-order valence-corrected chi connectivity index (χ4v) is 0.846. The molecule has 0 unspecified atom stereocenters. The SMILES string of the molecule is C[C@H](C#Cc1cccnc1)CC=O. The van der Waals surface area contributed by atoms with Gasteiger partial charge >= 0.3 is 0 Å². The maximum Gasteiger partial charge on any atom is 0.121 e. The molecule has 1 rings (SSSR count). The lowest BCUT2D eigenvalue weighted by Gasteiger charge is -1.93. The zero-order chi connectivity index (χ0) is 9.52. The van der Waals surface area contributed by atoms with Gasteiger partial charge in [0, 0.05) is 30.3 Å². The van der Waals surface area contributed by atoms with Gasteiger partial charge in [-0.15, -0.1) is 0 Å². The number of carbonyl (C=O) groups excluding carboxylic acids is 1. The number of pyridine rings is 1. The van der Waals surface area contributed by atoms with Crippen molar-refractivity contribution in [3.63, 3.8) is 0 Å². The third-order valence-corrected chi connectivity index (χ3v) is 1.57. The Balaban J connectivity index is 2.62. The van der Waals surface area contributed by atoms with Crippen LogP contribution in [0, 0.1) is 17.8 Å². The number of hydrogen-bond acceptors (Lipinski definition) is 2. The summed E-state index contributed by atoms with van der Waals surface area (Å²) in [5.41, 5.74) is 0.889. The summed E-state index contributed by atoms with van der Waals surface area (Å²) in [6.45, 7) is 1.93. The molecule has 1 aromatic heterocycles. The first-order chi connectivity index (χ1) is 6.33. The van der Waals surface area contributed by atoms with Gasteiger partial charge in [0.25, 0.3) is 0 Å². The Morgan fingerprint density at radius 3 is 3.15 bits per heavy atom. The van der Waals surface area contributed by atoms with E-state index < -0.39 is 0 Å². The first-order valence-electron chi connectivity index (χ1n) is 4.18. The summed E-state index contributed by atoms with van der Waals surface area (Å²) in [5, 5.41) is 0. The van der Waals surface area contributed by atoms with Crippen LogP contribution in [0.25, 0.3) is 0 Å². The molecule has 0 bridgehead atoms. The Morgan fingerprint density at radius 2 is 2.54 bits per heavy atom. The normalized spacial score (nSPS) is 11.2. The van der Waals surface area contributed by atoms with Gasteiger partial charge < -0.3 is 4.79 Å². The molecule has 1 atom stereocenters. The summed E-state index contributed by atoms with van der Waals surface area (Å²) in [4.78, 5) is 14.1. The van der Waals surface area contributed by atoms with Crippen LogP contribution in [0.1, 0.15) is 18.9 Å². The lowest BCUT2D eigenvalue weighted by atomic mass is 10.1. The molecular formula is C11H11NO. The van der Waals surface area contributed by atoms with Crippen molar-refractivity contribution in [2.24, 2.45) is 5.92 Å². The van der Waals surface area contributed by atoms with E-state index in [1.807, 2.05) is 19.1 Å². The van der Waals surface area contributed by atoms with E-state index in [4.69, 9.17) is 0 Å². The predicted octanol–water partition coefficient (Wildman–Crippen LogP) is 1.66. The average Bonchev–Trinajstić information content (AvgIpc) is 2.17. The number of hydrogen-bond donors (Lipinski definition) is 0. The van der Waals surface area contributed by atoms with Gasteiger partial charge in [0.2, 0.25) is 0 Å². The molecule has 0 aliphatic carbocycles. The molecular weight excluding hydrogens is 162 g/mol. The largest absolute Gasteiger partial charge is 0.303 e.